The second-order valence-corrected chi connectivity index (χ2v) is 7.72. The second kappa shape index (κ2) is 6.51. The lowest BCUT2D eigenvalue weighted by Crippen LogP contribution is -2.33. The number of ether oxygens (including phenoxy) is 1. The summed E-state index contributed by atoms with van der Waals surface area (Å²) < 4.78 is 5.29. The zero-order valence-electron chi connectivity index (χ0n) is 15.8. The van der Waals surface area contributed by atoms with Crippen LogP contribution in [0.15, 0.2) is 24.3 Å². The predicted octanol–water partition coefficient (Wildman–Crippen LogP) is 1.02. The molecule has 1 aromatic carbocycles. The van der Waals surface area contributed by atoms with Crippen molar-refractivity contribution in [1.29, 1.82) is 5.26 Å². The lowest BCUT2D eigenvalue weighted by atomic mass is 9.91. The number of nitrogens with one attached hydrogen (secondary N) is 1. The smallest absolute Gasteiger partial charge is 0.414 e. The SMILES string of the molecule is CC(=O)NC[C@H]1CN(c2ccc(C3(C#N)C4CN(C(C)=O)CC43)cc2)C(=O)O1. The molecule has 28 heavy (non-hydrogen) atoms. The Morgan fingerprint density at radius 1 is 1.21 bits per heavy atom. The third-order valence-electron chi connectivity index (χ3n) is 6.12. The third kappa shape index (κ3) is 2.78. The summed E-state index contributed by atoms with van der Waals surface area (Å²) in [4.78, 5) is 38.0. The van der Waals surface area contributed by atoms with Crippen LogP contribution in [0.1, 0.15) is 19.4 Å². The highest BCUT2D eigenvalue weighted by Gasteiger charge is 2.70. The van der Waals surface area contributed by atoms with Crippen LogP contribution in [0.4, 0.5) is 10.5 Å². The number of amides is 3. The fraction of sp³-hybridized carbons (Fsp3) is 0.500. The molecule has 3 amide bonds. The van der Waals surface area contributed by atoms with Crippen molar-refractivity contribution in [2.45, 2.75) is 25.4 Å². The first kappa shape index (κ1) is 18.3. The molecule has 0 bridgehead atoms. The molecule has 0 aromatic heterocycles. The molecule has 1 aromatic rings. The minimum atomic E-state index is -0.538. The van der Waals surface area contributed by atoms with E-state index < -0.39 is 11.5 Å². The Hall–Kier alpha value is -3.08. The molecular formula is C20H22N4O4. The fourth-order valence-electron chi connectivity index (χ4n) is 4.56. The number of nitriles is 1. The average Bonchev–Trinajstić information content (AvgIpc) is 2.99. The third-order valence-corrected chi connectivity index (χ3v) is 6.12. The summed E-state index contributed by atoms with van der Waals surface area (Å²) in [6.45, 7) is 4.87. The zero-order valence-corrected chi connectivity index (χ0v) is 15.8. The molecule has 8 heteroatoms. The summed E-state index contributed by atoms with van der Waals surface area (Å²) in [7, 11) is 0. The number of hydrogen-bond donors (Lipinski definition) is 1. The van der Waals surface area contributed by atoms with Crippen molar-refractivity contribution in [1.82, 2.24) is 10.2 Å². The van der Waals surface area contributed by atoms with E-state index in [9.17, 15) is 19.6 Å². The topological polar surface area (TPSA) is 103 Å². The maximum absolute atomic E-state index is 12.1. The van der Waals surface area contributed by atoms with E-state index in [1.165, 1.54) is 11.8 Å². The number of cyclic esters (lactones) is 1. The number of nitrogens with zero attached hydrogens (tertiary/aromatic N) is 3. The van der Waals surface area contributed by atoms with Gasteiger partial charge in [-0.2, -0.15) is 5.26 Å². The van der Waals surface area contributed by atoms with Gasteiger partial charge in [0.15, 0.2) is 0 Å². The Labute approximate surface area is 163 Å². The molecule has 146 valence electrons. The molecule has 3 fully saturated rings. The van der Waals surface area contributed by atoms with Gasteiger partial charge in [0.05, 0.1) is 24.6 Å². The van der Waals surface area contributed by atoms with Crippen molar-refractivity contribution in [3.8, 4) is 6.07 Å². The minimum Gasteiger partial charge on any atom is -0.442 e. The number of piperidine rings is 1. The zero-order chi connectivity index (χ0) is 20.1. The van der Waals surface area contributed by atoms with Gasteiger partial charge in [-0.1, -0.05) is 12.1 Å². The number of carbonyl (C=O) groups excluding carboxylic acids is 3. The van der Waals surface area contributed by atoms with E-state index in [0.717, 1.165) is 5.56 Å². The van der Waals surface area contributed by atoms with Crippen molar-refractivity contribution in [2.24, 2.45) is 11.8 Å². The number of fused-ring (bicyclic) bond motifs is 1. The fourth-order valence-corrected chi connectivity index (χ4v) is 4.56. The van der Waals surface area contributed by atoms with Gasteiger partial charge < -0.3 is 15.0 Å². The van der Waals surface area contributed by atoms with Crippen LogP contribution in [-0.2, 0) is 19.7 Å². The number of likely N-dealkylation sites (tertiary alicyclic amines) is 1. The molecule has 0 radical (unpaired) electrons. The van der Waals surface area contributed by atoms with Gasteiger partial charge in [-0.15, -0.1) is 0 Å². The molecule has 1 saturated carbocycles. The molecule has 8 nitrogen and oxygen atoms in total. The van der Waals surface area contributed by atoms with Crippen LogP contribution in [0.3, 0.4) is 0 Å². The van der Waals surface area contributed by atoms with E-state index in [1.807, 2.05) is 24.3 Å². The number of hydrogen-bond acceptors (Lipinski definition) is 5. The van der Waals surface area contributed by atoms with E-state index in [2.05, 4.69) is 11.4 Å². The van der Waals surface area contributed by atoms with Crippen molar-refractivity contribution >= 4 is 23.6 Å². The number of anilines is 1. The predicted molar refractivity (Wildman–Crippen MR) is 99.3 cm³/mol. The Morgan fingerprint density at radius 3 is 2.39 bits per heavy atom. The van der Waals surface area contributed by atoms with E-state index >= 15 is 0 Å². The van der Waals surface area contributed by atoms with Crippen LogP contribution >= 0.6 is 0 Å². The second-order valence-electron chi connectivity index (χ2n) is 7.72. The van der Waals surface area contributed by atoms with Gasteiger partial charge in [0, 0.05) is 44.5 Å². The molecule has 2 unspecified atom stereocenters. The van der Waals surface area contributed by atoms with Gasteiger partial charge in [-0.05, 0) is 17.7 Å². The Bertz CT molecular complexity index is 863. The Kier molecular flexibility index (Phi) is 4.26. The Morgan fingerprint density at radius 2 is 1.86 bits per heavy atom. The summed E-state index contributed by atoms with van der Waals surface area (Å²) in [5.41, 5.74) is 1.09. The molecule has 4 rings (SSSR count). The average molecular weight is 382 g/mol. The molecule has 3 atom stereocenters. The van der Waals surface area contributed by atoms with E-state index in [4.69, 9.17) is 4.74 Å². The summed E-state index contributed by atoms with van der Waals surface area (Å²) in [5, 5.41) is 12.5. The van der Waals surface area contributed by atoms with Crippen molar-refractivity contribution in [2.75, 3.05) is 31.1 Å². The normalized spacial score (nSPS) is 30.5. The molecule has 3 aliphatic rings. The minimum absolute atomic E-state index is 0.0516. The van der Waals surface area contributed by atoms with Crippen LogP contribution in [0, 0.1) is 23.2 Å². The van der Waals surface area contributed by atoms with Crippen molar-refractivity contribution < 1.29 is 19.1 Å². The molecular weight excluding hydrogens is 360 g/mol. The molecule has 1 N–H and O–H groups in total. The summed E-state index contributed by atoms with van der Waals surface area (Å²) >= 11 is 0. The maximum Gasteiger partial charge on any atom is 0.414 e. The first-order chi connectivity index (χ1) is 13.4. The molecule has 0 spiro atoms. The van der Waals surface area contributed by atoms with Gasteiger partial charge in [-0.3, -0.25) is 14.5 Å². The summed E-state index contributed by atoms with van der Waals surface area (Å²) in [5.74, 6) is 0.229. The van der Waals surface area contributed by atoms with Crippen LogP contribution in [0.25, 0.3) is 0 Å². The largest absolute Gasteiger partial charge is 0.442 e. The van der Waals surface area contributed by atoms with Gasteiger partial charge in [0.1, 0.15) is 6.10 Å². The summed E-state index contributed by atoms with van der Waals surface area (Å²) in [6, 6.07) is 9.92. The van der Waals surface area contributed by atoms with Gasteiger partial charge in [0.25, 0.3) is 0 Å². The summed E-state index contributed by atoms with van der Waals surface area (Å²) in [6.07, 6.45) is -0.833. The van der Waals surface area contributed by atoms with E-state index in [1.54, 1.807) is 11.8 Å². The molecule has 2 aliphatic heterocycles. The van der Waals surface area contributed by atoms with E-state index in [0.29, 0.717) is 25.3 Å². The van der Waals surface area contributed by atoms with Gasteiger partial charge >= 0.3 is 6.09 Å². The highest BCUT2D eigenvalue weighted by molar-refractivity contribution is 5.90. The molecule has 2 heterocycles. The number of benzene rings is 1. The van der Waals surface area contributed by atoms with Crippen LogP contribution in [0.5, 0.6) is 0 Å². The van der Waals surface area contributed by atoms with Gasteiger partial charge in [0.2, 0.25) is 11.8 Å². The Balaban J connectivity index is 1.45. The van der Waals surface area contributed by atoms with Crippen LogP contribution in [-0.4, -0.2) is 55.1 Å². The quantitative estimate of drug-likeness (QED) is 0.837. The van der Waals surface area contributed by atoms with Crippen molar-refractivity contribution in [3.05, 3.63) is 29.8 Å². The highest BCUT2D eigenvalue weighted by Crippen LogP contribution is 2.63. The highest BCUT2D eigenvalue weighted by atomic mass is 16.6. The van der Waals surface area contributed by atoms with Crippen LogP contribution < -0.4 is 10.2 Å². The first-order valence-electron chi connectivity index (χ1n) is 9.36. The number of rotatable bonds is 4. The molecule has 2 saturated heterocycles. The van der Waals surface area contributed by atoms with Crippen molar-refractivity contribution in [3.63, 3.8) is 0 Å². The van der Waals surface area contributed by atoms with E-state index in [-0.39, 0.29) is 36.3 Å². The number of carbonyl (C=O) groups is 3. The van der Waals surface area contributed by atoms with Crippen LogP contribution in [0.2, 0.25) is 0 Å². The van der Waals surface area contributed by atoms with Gasteiger partial charge in [-0.25, -0.2) is 4.79 Å². The standard InChI is InChI=1S/C20H22N4O4/c1-12(25)22-7-16-8-24(19(27)28-16)15-5-3-14(4-6-15)20(11-21)17-9-23(13(2)26)10-18(17)20/h3-6,16-18H,7-10H2,1-2H3,(H,22,25)/t16-,17?,18?,20?/m0/s1. The first-order valence-corrected chi connectivity index (χ1v) is 9.36. The lowest BCUT2D eigenvalue weighted by molar-refractivity contribution is -0.128. The monoisotopic (exact) mass is 382 g/mol. The molecule has 1 aliphatic carbocycles. The lowest BCUT2D eigenvalue weighted by Gasteiger charge is -2.22. The maximum atomic E-state index is 12.1.